The normalized spacial score (nSPS) is 24.9. The topological polar surface area (TPSA) is 71.5 Å². The van der Waals surface area contributed by atoms with Crippen LogP contribution in [-0.4, -0.2) is 41.9 Å². The van der Waals surface area contributed by atoms with E-state index in [1.165, 1.54) is 19.0 Å². The van der Waals surface area contributed by atoms with Crippen molar-refractivity contribution in [3.8, 4) is 5.88 Å². The lowest BCUT2D eigenvalue weighted by Crippen LogP contribution is -2.51. The van der Waals surface area contributed by atoms with Gasteiger partial charge in [-0.25, -0.2) is 4.98 Å². The zero-order valence-corrected chi connectivity index (χ0v) is 15.9. The Bertz CT molecular complexity index is 754. The number of likely N-dealkylation sites (tertiary alicyclic amines) is 1. The quantitative estimate of drug-likeness (QED) is 0.837. The van der Waals surface area contributed by atoms with Crippen LogP contribution < -0.4 is 10.1 Å². The number of carbonyl (C=O) groups is 2. The molecule has 2 heterocycles. The summed E-state index contributed by atoms with van der Waals surface area (Å²) in [6.45, 7) is 1.42. The maximum atomic E-state index is 12.6. The van der Waals surface area contributed by atoms with Gasteiger partial charge in [-0.05, 0) is 50.5 Å². The average molecular weight is 369 g/mol. The van der Waals surface area contributed by atoms with Gasteiger partial charge in [-0.15, -0.1) is 0 Å². The number of aromatic nitrogens is 1. The number of carbonyl (C=O) groups excluding carboxylic acids is 2. The van der Waals surface area contributed by atoms with E-state index in [4.69, 9.17) is 4.74 Å². The summed E-state index contributed by atoms with van der Waals surface area (Å²) in [7, 11) is 1.55. The summed E-state index contributed by atoms with van der Waals surface area (Å²) in [6.07, 6.45) is 10.8. The van der Waals surface area contributed by atoms with Gasteiger partial charge in [0.05, 0.1) is 12.7 Å². The Balaban J connectivity index is 1.48. The van der Waals surface area contributed by atoms with Crippen LogP contribution >= 0.6 is 0 Å². The average Bonchev–Trinajstić information content (AvgIpc) is 3.53. The van der Waals surface area contributed by atoms with Crippen molar-refractivity contribution in [2.24, 2.45) is 11.3 Å². The van der Waals surface area contributed by atoms with E-state index >= 15 is 0 Å². The van der Waals surface area contributed by atoms with Crippen LogP contribution in [0.4, 0.5) is 0 Å². The van der Waals surface area contributed by atoms with Crippen molar-refractivity contribution in [3.63, 3.8) is 0 Å². The maximum absolute atomic E-state index is 12.6. The Morgan fingerprint density at radius 2 is 2.22 bits per heavy atom. The first-order chi connectivity index (χ1) is 13.1. The van der Waals surface area contributed by atoms with Gasteiger partial charge in [0.1, 0.15) is 0 Å². The molecule has 1 saturated heterocycles. The molecule has 4 rings (SSSR count). The van der Waals surface area contributed by atoms with Crippen molar-refractivity contribution in [1.29, 1.82) is 0 Å². The summed E-state index contributed by atoms with van der Waals surface area (Å²) < 4.78 is 5.04. The number of methoxy groups -OCH3 is 1. The van der Waals surface area contributed by atoms with E-state index in [-0.39, 0.29) is 17.2 Å². The van der Waals surface area contributed by atoms with E-state index in [9.17, 15) is 9.59 Å². The lowest BCUT2D eigenvalue weighted by atomic mass is 9.69. The molecule has 1 N–H and O–H groups in total. The molecule has 3 aliphatic rings. The molecule has 1 unspecified atom stereocenters. The van der Waals surface area contributed by atoms with Gasteiger partial charge in [0, 0.05) is 42.9 Å². The molecular weight excluding hydrogens is 342 g/mol. The second kappa shape index (κ2) is 7.33. The highest BCUT2D eigenvalue weighted by Crippen LogP contribution is 2.47. The largest absolute Gasteiger partial charge is 0.481 e. The molecule has 6 nitrogen and oxygen atoms in total. The van der Waals surface area contributed by atoms with Crippen molar-refractivity contribution in [2.75, 3.05) is 20.2 Å². The zero-order chi connectivity index (χ0) is 18.9. The Kier molecular flexibility index (Phi) is 4.89. The minimum atomic E-state index is -0.130. The standard InChI is InChI=1S/C21H27N3O3/c1-27-18-8-7-16(12-22-18)20(26)23-14-21-10-3-2-4-17(21)24(13-15-5-6-15)19(25)9-11-21/h4,7-8,12,15H,2-3,5-6,9-11,13-14H2,1H3,(H,23,26). The molecule has 0 spiro atoms. The Morgan fingerprint density at radius 3 is 2.93 bits per heavy atom. The third-order valence-corrected chi connectivity index (χ3v) is 6.08. The van der Waals surface area contributed by atoms with Crippen LogP contribution in [-0.2, 0) is 4.79 Å². The minimum absolute atomic E-state index is 0.114. The number of nitrogens with one attached hydrogen (secondary N) is 1. The van der Waals surface area contributed by atoms with Gasteiger partial charge in [-0.1, -0.05) is 6.08 Å². The van der Waals surface area contributed by atoms with E-state index in [1.807, 2.05) is 4.90 Å². The third kappa shape index (κ3) is 3.70. The molecule has 1 aromatic rings. The Morgan fingerprint density at radius 1 is 1.37 bits per heavy atom. The number of nitrogens with zero attached hydrogens (tertiary/aromatic N) is 2. The van der Waals surface area contributed by atoms with E-state index in [0.717, 1.165) is 37.9 Å². The number of piperidine rings is 1. The van der Waals surface area contributed by atoms with Gasteiger partial charge in [0.2, 0.25) is 11.8 Å². The molecule has 0 aromatic carbocycles. The number of fused-ring (bicyclic) bond motifs is 1. The van der Waals surface area contributed by atoms with Gasteiger partial charge in [0.15, 0.2) is 0 Å². The van der Waals surface area contributed by atoms with Crippen molar-refractivity contribution in [2.45, 2.75) is 44.9 Å². The second-order valence-electron chi connectivity index (χ2n) is 7.98. The van der Waals surface area contributed by atoms with Crippen molar-refractivity contribution >= 4 is 11.8 Å². The molecular formula is C21H27N3O3. The first kappa shape index (κ1) is 18.0. The fourth-order valence-electron chi connectivity index (χ4n) is 4.30. The molecule has 27 heavy (non-hydrogen) atoms. The van der Waals surface area contributed by atoms with E-state index in [0.29, 0.717) is 30.3 Å². The number of ether oxygens (including phenoxy) is 1. The van der Waals surface area contributed by atoms with Gasteiger partial charge in [-0.2, -0.15) is 0 Å². The van der Waals surface area contributed by atoms with Crippen LogP contribution in [0.2, 0.25) is 0 Å². The Hall–Kier alpha value is -2.37. The molecule has 0 radical (unpaired) electrons. The van der Waals surface area contributed by atoms with Crippen molar-refractivity contribution in [3.05, 3.63) is 35.7 Å². The first-order valence-electron chi connectivity index (χ1n) is 9.90. The van der Waals surface area contributed by atoms with Crippen LogP contribution in [0, 0.1) is 11.3 Å². The van der Waals surface area contributed by atoms with Gasteiger partial charge < -0.3 is 15.0 Å². The number of hydrogen-bond acceptors (Lipinski definition) is 4. The molecule has 1 aliphatic heterocycles. The number of pyridine rings is 1. The predicted octanol–water partition coefficient (Wildman–Crippen LogP) is 2.91. The molecule has 1 saturated carbocycles. The summed E-state index contributed by atoms with van der Waals surface area (Å²) in [5.41, 5.74) is 1.57. The SMILES string of the molecule is COc1ccc(C(=O)NCC23CCCC=C2N(CC2CC2)C(=O)CC3)cn1. The van der Waals surface area contributed by atoms with Crippen molar-refractivity contribution in [1.82, 2.24) is 15.2 Å². The first-order valence-corrected chi connectivity index (χ1v) is 9.90. The molecule has 1 aromatic heterocycles. The highest BCUT2D eigenvalue weighted by Gasteiger charge is 2.45. The molecule has 2 aliphatic carbocycles. The van der Waals surface area contributed by atoms with Crippen molar-refractivity contribution < 1.29 is 14.3 Å². The van der Waals surface area contributed by atoms with Gasteiger partial charge >= 0.3 is 0 Å². The van der Waals surface area contributed by atoms with E-state index in [1.54, 1.807) is 19.2 Å². The Labute approximate surface area is 160 Å². The van der Waals surface area contributed by atoms with E-state index in [2.05, 4.69) is 16.4 Å². The smallest absolute Gasteiger partial charge is 0.252 e. The van der Waals surface area contributed by atoms with E-state index < -0.39 is 0 Å². The highest BCUT2D eigenvalue weighted by molar-refractivity contribution is 5.94. The number of rotatable bonds is 6. The fourth-order valence-corrected chi connectivity index (χ4v) is 4.30. The van der Waals surface area contributed by atoms with Crippen LogP contribution in [0.1, 0.15) is 55.3 Å². The second-order valence-corrected chi connectivity index (χ2v) is 7.98. The monoisotopic (exact) mass is 369 g/mol. The minimum Gasteiger partial charge on any atom is -0.481 e. The van der Waals surface area contributed by atoms with Gasteiger partial charge in [-0.3, -0.25) is 9.59 Å². The third-order valence-electron chi connectivity index (χ3n) is 6.08. The zero-order valence-electron chi connectivity index (χ0n) is 15.9. The molecule has 144 valence electrons. The highest BCUT2D eigenvalue weighted by atomic mass is 16.5. The van der Waals surface area contributed by atoms with Crippen LogP contribution in [0.5, 0.6) is 5.88 Å². The fraction of sp³-hybridized carbons (Fsp3) is 0.571. The summed E-state index contributed by atoms with van der Waals surface area (Å²) in [5.74, 6) is 1.27. The summed E-state index contributed by atoms with van der Waals surface area (Å²) in [4.78, 5) is 31.3. The van der Waals surface area contributed by atoms with Crippen LogP contribution in [0.25, 0.3) is 0 Å². The summed E-state index contributed by atoms with van der Waals surface area (Å²) in [5, 5.41) is 3.10. The number of allylic oxidation sites excluding steroid dienone is 1. The van der Waals surface area contributed by atoms with Gasteiger partial charge in [0.25, 0.3) is 5.91 Å². The molecule has 0 bridgehead atoms. The molecule has 2 fully saturated rings. The predicted molar refractivity (Wildman–Crippen MR) is 101 cm³/mol. The van der Waals surface area contributed by atoms with Crippen LogP contribution in [0.15, 0.2) is 30.1 Å². The number of hydrogen-bond donors (Lipinski definition) is 1. The molecule has 6 heteroatoms. The summed E-state index contributed by atoms with van der Waals surface area (Å²) in [6, 6.07) is 3.41. The number of amides is 2. The molecule has 2 amide bonds. The lowest BCUT2D eigenvalue weighted by Gasteiger charge is -2.47. The lowest BCUT2D eigenvalue weighted by molar-refractivity contribution is -0.134. The summed E-state index contributed by atoms with van der Waals surface area (Å²) >= 11 is 0. The molecule has 1 atom stereocenters. The van der Waals surface area contributed by atoms with Crippen LogP contribution in [0.3, 0.4) is 0 Å². The maximum Gasteiger partial charge on any atom is 0.252 e.